The van der Waals surface area contributed by atoms with Crippen LogP contribution in [-0.2, 0) is 6.54 Å². The second-order valence-electron chi connectivity index (χ2n) is 4.05. The van der Waals surface area contributed by atoms with Crippen LogP contribution in [0.15, 0.2) is 23.6 Å². The number of fused-ring (bicyclic) bond motifs is 1. The normalized spacial score (nSPS) is 11.2. The first-order valence-electron chi connectivity index (χ1n) is 5.46. The van der Waals surface area contributed by atoms with Crippen LogP contribution in [0.2, 0.25) is 5.02 Å². The van der Waals surface area contributed by atoms with Crippen molar-refractivity contribution in [2.24, 2.45) is 0 Å². The van der Waals surface area contributed by atoms with Crippen molar-refractivity contribution in [1.29, 1.82) is 0 Å². The van der Waals surface area contributed by atoms with Crippen molar-refractivity contribution in [1.82, 2.24) is 14.5 Å². The lowest BCUT2D eigenvalue weighted by atomic mass is 10.3. The Kier molecular flexibility index (Phi) is 2.72. The number of nitrogen functional groups attached to an aromatic ring is 1. The van der Waals surface area contributed by atoms with Gasteiger partial charge in [0.1, 0.15) is 0 Å². The summed E-state index contributed by atoms with van der Waals surface area (Å²) in [4.78, 5) is 8.75. The van der Waals surface area contributed by atoms with Crippen LogP contribution in [0.4, 0.5) is 5.95 Å². The summed E-state index contributed by atoms with van der Waals surface area (Å²) in [6.07, 6.45) is 0. The Morgan fingerprint density at radius 3 is 2.94 bits per heavy atom. The van der Waals surface area contributed by atoms with Crippen molar-refractivity contribution in [3.8, 4) is 0 Å². The summed E-state index contributed by atoms with van der Waals surface area (Å²) in [5.41, 5.74) is 8.73. The number of benzene rings is 1. The molecule has 0 saturated carbocycles. The fourth-order valence-corrected chi connectivity index (χ4v) is 2.70. The predicted molar refractivity (Wildman–Crippen MR) is 75.1 cm³/mol. The number of anilines is 1. The van der Waals surface area contributed by atoms with Gasteiger partial charge in [0.05, 0.1) is 28.3 Å². The van der Waals surface area contributed by atoms with Crippen molar-refractivity contribution in [3.63, 3.8) is 0 Å². The molecule has 92 valence electrons. The number of imidazole rings is 1. The topological polar surface area (TPSA) is 56.7 Å². The number of aryl methyl sites for hydroxylation is 1. The van der Waals surface area contributed by atoms with E-state index in [0.717, 1.165) is 21.7 Å². The minimum Gasteiger partial charge on any atom is -0.369 e. The van der Waals surface area contributed by atoms with Gasteiger partial charge >= 0.3 is 0 Å². The predicted octanol–water partition coefficient (Wildman–Crippen LogP) is 3.09. The molecule has 4 nitrogen and oxygen atoms in total. The molecule has 2 aromatic heterocycles. The zero-order chi connectivity index (χ0) is 12.7. The molecule has 0 aliphatic carbocycles. The van der Waals surface area contributed by atoms with E-state index < -0.39 is 0 Å². The minimum atomic E-state index is 0.484. The summed E-state index contributed by atoms with van der Waals surface area (Å²) < 4.78 is 1.94. The van der Waals surface area contributed by atoms with E-state index in [-0.39, 0.29) is 0 Å². The molecule has 0 aliphatic heterocycles. The first-order chi connectivity index (χ1) is 8.63. The quantitative estimate of drug-likeness (QED) is 0.784. The fraction of sp³-hybridized carbons (Fsp3) is 0.167. The first kappa shape index (κ1) is 11.5. The van der Waals surface area contributed by atoms with Crippen LogP contribution in [0.25, 0.3) is 11.0 Å². The molecule has 6 heteroatoms. The number of hydrogen-bond acceptors (Lipinski definition) is 4. The van der Waals surface area contributed by atoms with Crippen LogP contribution in [0, 0.1) is 6.92 Å². The summed E-state index contributed by atoms with van der Waals surface area (Å²) >= 11 is 7.58. The van der Waals surface area contributed by atoms with Crippen molar-refractivity contribution in [3.05, 3.63) is 39.3 Å². The highest BCUT2D eigenvalue weighted by Crippen LogP contribution is 2.23. The van der Waals surface area contributed by atoms with Gasteiger partial charge in [-0.05, 0) is 25.1 Å². The molecule has 18 heavy (non-hydrogen) atoms. The van der Waals surface area contributed by atoms with Gasteiger partial charge in [0, 0.05) is 10.4 Å². The molecule has 0 aliphatic rings. The third-order valence-corrected chi connectivity index (χ3v) is 3.78. The second kappa shape index (κ2) is 4.26. The van der Waals surface area contributed by atoms with Crippen LogP contribution in [0.1, 0.15) is 10.7 Å². The minimum absolute atomic E-state index is 0.484. The number of hydrogen-bond donors (Lipinski definition) is 1. The highest BCUT2D eigenvalue weighted by Gasteiger charge is 2.10. The van der Waals surface area contributed by atoms with E-state index in [2.05, 4.69) is 9.97 Å². The average Bonchev–Trinajstić information content (AvgIpc) is 2.84. The van der Waals surface area contributed by atoms with E-state index in [1.54, 1.807) is 11.3 Å². The molecule has 0 amide bonds. The molecule has 2 heterocycles. The Morgan fingerprint density at radius 2 is 2.22 bits per heavy atom. The summed E-state index contributed by atoms with van der Waals surface area (Å²) in [7, 11) is 0. The third-order valence-electron chi connectivity index (χ3n) is 2.73. The van der Waals surface area contributed by atoms with Gasteiger partial charge in [-0.15, -0.1) is 11.3 Å². The second-order valence-corrected chi connectivity index (χ2v) is 5.55. The molecule has 0 atom stereocenters. The fourth-order valence-electron chi connectivity index (χ4n) is 1.93. The Labute approximate surface area is 113 Å². The molecule has 0 spiro atoms. The number of nitrogens with zero attached hydrogens (tertiary/aromatic N) is 3. The van der Waals surface area contributed by atoms with Gasteiger partial charge in [-0.2, -0.15) is 0 Å². The average molecular weight is 279 g/mol. The summed E-state index contributed by atoms with van der Waals surface area (Å²) in [5, 5.41) is 3.75. The van der Waals surface area contributed by atoms with E-state index in [1.807, 2.05) is 35.1 Å². The van der Waals surface area contributed by atoms with Gasteiger partial charge in [-0.3, -0.25) is 0 Å². The molecule has 0 unspecified atom stereocenters. The molecular formula is C12H11ClN4S. The van der Waals surface area contributed by atoms with Crippen molar-refractivity contribution in [2.45, 2.75) is 13.5 Å². The number of rotatable bonds is 2. The van der Waals surface area contributed by atoms with E-state index in [9.17, 15) is 0 Å². The molecule has 3 rings (SSSR count). The summed E-state index contributed by atoms with van der Waals surface area (Å²) in [6, 6.07) is 5.59. The van der Waals surface area contributed by atoms with Gasteiger partial charge in [-0.25, -0.2) is 9.97 Å². The standard InChI is InChI=1S/C12H11ClN4S/c1-7-15-9(6-18-7)5-17-11-3-2-8(13)4-10(11)16-12(17)14/h2-4,6H,5H2,1H3,(H2,14,16). The summed E-state index contributed by atoms with van der Waals surface area (Å²) in [5.74, 6) is 0.484. The zero-order valence-electron chi connectivity index (χ0n) is 9.72. The Balaban J connectivity index is 2.08. The first-order valence-corrected chi connectivity index (χ1v) is 6.71. The lowest BCUT2D eigenvalue weighted by Crippen LogP contribution is -2.04. The number of thiazole rings is 1. The maximum Gasteiger partial charge on any atom is 0.201 e. The molecule has 0 saturated heterocycles. The smallest absolute Gasteiger partial charge is 0.201 e. The number of aromatic nitrogens is 3. The van der Waals surface area contributed by atoms with Crippen LogP contribution >= 0.6 is 22.9 Å². The maximum absolute atomic E-state index is 5.94. The molecule has 2 N–H and O–H groups in total. The van der Waals surface area contributed by atoms with E-state index in [1.165, 1.54) is 0 Å². The number of nitrogens with two attached hydrogens (primary N) is 1. The largest absolute Gasteiger partial charge is 0.369 e. The molecule has 0 bridgehead atoms. The van der Waals surface area contributed by atoms with Crippen molar-refractivity contribution >= 4 is 39.9 Å². The molecule has 3 aromatic rings. The SMILES string of the molecule is Cc1nc(Cn2c(N)nc3cc(Cl)ccc32)cs1. The third kappa shape index (κ3) is 1.95. The highest BCUT2D eigenvalue weighted by atomic mass is 35.5. The van der Waals surface area contributed by atoms with Crippen molar-refractivity contribution in [2.75, 3.05) is 5.73 Å². The van der Waals surface area contributed by atoms with E-state index >= 15 is 0 Å². The lowest BCUT2D eigenvalue weighted by Gasteiger charge is -2.03. The van der Waals surface area contributed by atoms with Gasteiger partial charge in [-0.1, -0.05) is 11.6 Å². The van der Waals surface area contributed by atoms with Crippen LogP contribution in [0.5, 0.6) is 0 Å². The summed E-state index contributed by atoms with van der Waals surface area (Å²) in [6.45, 7) is 2.62. The molecule has 1 aromatic carbocycles. The zero-order valence-corrected chi connectivity index (χ0v) is 11.3. The van der Waals surface area contributed by atoms with Gasteiger partial charge < -0.3 is 10.3 Å². The van der Waals surface area contributed by atoms with E-state index in [0.29, 0.717) is 17.5 Å². The van der Waals surface area contributed by atoms with Crippen LogP contribution < -0.4 is 5.73 Å². The van der Waals surface area contributed by atoms with Gasteiger partial charge in [0.15, 0.2) is 0 Å². The van der Waals surface area contributed by atoms with Crippen LogP contribution in [-0.4, -0.2) is 14.5 Å². The Morgan fingerprint density at radius 1 is 1.39 bits per heavy atom. The maximum atomic E-state index is 5.94. The van der Waals surface area contributed by atoms with Gasteiger partial charge in [0.2, 0.25) is 5.95 Å². The Bertz CT molecular complexity index is 716. The lowest BCUT2D eigenvalue weighted by molar-refractivity contribution is 0.813. The number of halogens is 1. The monoisotopic (exact) mass is 278 g/mol. The molecule has 0 fully saturated rings. The van der Waals surface area contributed by atoms with Crippen molar-refractivity contribution < 1.29 is 0 Å². The van der Waals surface area contributed by atoms with E-state index in [4.69, 9.17) is 17.3 Å². The highest BCUT2D eigenvalue weighted by molar-refractivity contribution is 7.09. The molecular weight excluding hydrogens is 268 g/mol. The molecule has 0 radical (unpaired) electrons. The Hall–Kier alpha value is -1.59. The van der Waals surface area contributed by atoms with Gasteiger partial charge in [0.25, 0.3) is 0 Å². The van der Waals surface area contributed by atoms with Crippen LogP contribution in [0.3, 0.4) is 0 Å².